The first-order chi connectivity index (χ1) is 9.86. The Bertz CT molecular complexity index is 525. The summed E-state index contributed by atoms with van der Waals surface area (Å²) in [5.41, 5.74) is 0. The third-order valence-electron chi connectivity index (χ3n) is 3.68. The van der Waals surface area contributed by atoms with Crippen LogP contribution in [0.2, 0.25) is 0 Å². The number of rotatable bonds is 5. The molecule has 1 unspecified atom stereocenters. The number of nitrogens with zero attached hydrogens (tertiary/aromatic N) is 4. The average molecular weight is 292 g/mol. The minimum atomic E-state index is 0.0505. The van der Waals surface area contributed by atoms with E-state index in [1.54, 1.807) is 6.33 Å². The predicted molar refractivity (Wildman–Crippen MR) is 78.9 cm³/mol. The fourth-order valence-corrected chi connectivity index (χ4v) is 3.24. The lowest BCUT2D eigenvalue weighted by atomic mass is 10.2. The van der Waals surface area contributed by atoms with Crippen molar-refractivity contribution >= 4 is 11.3 Å². The molecule has 108 valence electrons. The molecule has 20 heavy (non-hydrogen) atoms. The Morgan fingerprint density at radius 2 is 2.45 bits per heavy atom. The van der Waals surface area contributed by atoms with E-state index in [-0.39, 0.29) is 6.10 Å². The summed E-state index contributed by atoms with van der Waals surface area (Å²) < 4.78 is 7.93. The molecule has 0 spiro atoms. The minimum Gasteiger partial charge on any atom is -0.368 e. The van der Waals surface area contributed by atoms with Gasteiger partial charge in [-0.15, -0.1) is 21.5 Å². The molecule has 0 N–H and O–H groups in total. The molecule has 0 radical (unpaired) electrons. The Hall–Kier alpha value is -1.24. The van der Waals surface area contributed by atoms with Crippen LogP contribution in [0.3, 0.4) is 0 Å². The van der Waals surface area contributed by atoms with Crippen molar-refractivity contribution in [3.63, 3.8) is 0 Å². The van der Waals surface area contributed by atoms with Gasteiger partial charge in [-0.05, 0) is 24.8 Å². The highest BCUT2D eigenvalue weighted by Gasteiger charge is 2.25. The fraction of sp³-hybridized carbons (Fsp3) is 0.571. The first-order valence-corrected chi connectivity index (χ1v) is 7.99. The van der Waals surface area contributed by atoms with Gasteiger partial charge in [0, 0.05) is 31.1 Å². The van der Waals surface area contributed by atoms with Gasteiger partial charge >= 0.3 is 0 Å². The molecule has 1 saturated heterocycles. The van der Waals surface area contributed by atoms with Gasteiger partial charge in [0.15, 0.2) is 5.82 Å². The number of aryl methyl sites for hydroxylation is 1. The highest BCUT2D eigenvalue weighted by atomic mass is 32.1. The monoisotopic (exact) mass is 292 g/mol. The van der Waals surface area contributed by atoms with E-state index in [0.717, 1.165) is 45.0 Å². The molecule has 3 rings (SSSR count). The molecule has 0 saturated carbocycles. The smallest absolute Gasteiger partial charge is 0.163 e. The van der Waals surface area contributed by atoms with Crippen LogP contribution in [-0.4, -0.2) is 45.9 Å². The van der Waals surface area contributed by atoms with Gasteiger partial charge in [-0.2, -0.15) is 0 Å². The van der Waals surface area contributed by atoms with Crippen LogP contribution < -0.4 is 0 Å². The topological polar surface area (TPSA) is 43.2 Å². The molecule has 1 aliphatic rings. The van der Waals surface area contributed by atoms with Crippen LogP contribution >= 0.6 is 11.3 Å². The molecule has 0 aliphatic carbocycles. The highest BCUT2D eigenvalue weighted by molar-refractivity contribution is 7.09. The molecule has 6 heteroatoms. The second kappa shape index (κ2) is 6.47. The van der Waals surface area contributed by atoms with Crippen LogP contribution in [0.15, 0.2) is 23.8 Å². The SMILES string of the molecule is CCn1cnnc1C1CN(CCc2cccs2)CCO1. The second-order valence-corrected chi connectivity index (χ2v) is 6.00. The fourth-order valence-electron chi connectivity index (χ4n) is 2.54. The Morgan fingerprint density at radius 1 is 1.50 bits per heavy atom. The Morgan fingerprint density at radius 3 is 3.25 bits per heavy atom. The van der Waals surface area contributed by atoms with Crippen LogP contribution in [0, 0.1) is 0 Å². The van der Waals surface area contributed by atoms with E-state index in [0.29, 0.717) is 0 Å². The zero-order chi connectivity index (χ0) is 13.8. The quantitative estimate of drug-likeness (QED) is 0.845. The summed E-state index contributed by atoms with van der Waals surface area (Å²) in [4.78, 5) is 3.91. The highest BCUT2D eigenvalue weighted by Crippen LogP contribution is 2.21. The van der Waals surface area contributed by atoms with Crippen LogP contribution in [0.25, 0.3) is 0 Å². The number of hydrogen-bond acceptors (Lipinski definition) is 5. The van der Waals surface area contributed by atoms with E-state index in [9.17, 15) is 0 Å². The molecule has 0 bridgehead atoms. The predicted octanol–water partition coefficient (Wildman–Crippen LogP) is 1.98. The molecule has 0 amide bonds. The van der Waals surface area contributed by atoms with E-state index < -0.39 is 0 Å². The average Bonchev–Trinajstić information content (AvgIpc) is 3.16. The zero-order valence-electron chi connectivity index (χ0n) is 11.7. The summed E-state index contributed by atoms with van der Waals surface area (Å²) in [6.45, 7) is 6.75. The van der Waals surface area contributed by atoms with Crippen molar-refractivity contribution in [1.82, 2.24) is 19.7 Å². The Labute approximate surface area is 123 Å². The Balaban J connectivity index is 1.59. The molecule has 1 atom stereocenters. The molecule has 2 aromatic rings. The van der Waals surface area contributed by atoms with Crippen molar-refractivity contribution in [2.45, 2.75) is 26.0 Å². The largest absolute Gasteiger partial charge is 0.368 e. The Kier molecular flexibility index (Phi) is 4.44. The van der Waals surface area contributed by atoms with E-state index in [2.05, 4.69) is 44.1 Å². The third kappa shape index (κ3) is 3.08. The van der Waals surface area contributed by atoms with Crippen LogP contribution in [-0.2, 0) is 17.7 Å². The van der Waals surface area contributed by atoms with Crippen molar-refractivity contribution in [2.24, 2.45) is 0 Å². The number of morpholine rings is 1. The van der Waals surface area contributed by atoms with Gasteiger partial charge in [0.25, 0.3) is 0 Å². The first-order valence-electron chi connectivity index (χ1n) is 7.11. The molecule has 0 aromatic carbocycles. The molecular formula is C14H20N4OS. The standard InChI is InChI=1S/C14H20N4OS/c1-2-18-11-15-16-14(18)13-10-17(7-8-19-13)6-5-12-4-3-9-20-12/h3-4,9,11,13H,2,5-8,10H2,1H3. The van der Waals surface area contributed by atoms with Gasteiger partial charge < -0.3 is 9.30 Å². The first kappa shape index (κ1) is 13.7. The van der Waals surface area contributed by atoms with Crippen LogP contribution in [0.5, 0.6) is 0 Å². The number of hydrogen-bond donors (Lipinski definition) is 0. The van der Waals surface area contributed by atoms with E-state index in [1.165, 1.54) is 4.88 Å². The van der Waals surface area contributed by atoms with Crippen LogP contribution in [0.1, 0.15) is 23.7 Å². The van der Waals surface area contributed by atoms with Crippen molar-refractivity contribution < 1.29 is 4.74 Å². The maximum absolute atomic E-state index is 5.87. The lowest BCUT2D eigenvalue weighted by molar-refractivity contribution is -0.0355. The van der Waals surface area contributed by atoms with Crippen LogP contribution in [0.4, 0.5) is 0 Å². The number of ether oxygens (including phenoxy) is 1. The van der Waals surface area contributed by atoms with Gasteiger partial charge in [0.1, 0.15) is 12.4 Å². The maximum Gasteiger partial charge on any atom is 0.163 e. The van der Waals surface area contributed by atoms with Crippen molar-refractivity contribution in [3.8, 4) is 0 Å². The summed E-state index contributed by atoms with van der Waals surface area (Å²) in [7, 11) is 0. The molecule has 2 aromatic heterocycles. The summed E-state index contributed by atoms with van der Waals surface area (Å²) in [6, 6.07) is 4.32. The van der Waals surface area contributed by atoms with Crippen molar-refractivity contribution in [3.05, 3.63) is 34.5 Å². The van der Waals surface area contributed by atoms with Gasteiger partial charge in [0.2, 0.25) is 0 Å². The van der Waals surface area contributed by atoms with E-state index in [1.807, 2.05) is 11.3 Å². The molecule has 1 aliphatic heterocycles. The zero-order valence-corrected chi connectivity index (χ0v) is 12.6. The summed E-state index contributed by atoms with van der Waals surface area (Å²) in [5.74, 6) is 0.952. The summed E-state index contributed by atoms with van der Waals surface area (Å²) in [6.07, 6.45) is 2.95. The minimum absolute atomic E-state index is 0.0505. The third-order valence-corrected chi connectivity index (χ3v) is 4.62. The van der Waals surface area contributed by atoms with Crippen molar-refractivity contribution in [2.75, 3.05) is 26.2 Å². The number of aromatic nitrogens is 3. The lowest BCUT2D eigenvalue weighted by Crippen LogP contribution is -2.40. The summed E-state index contributed by atoms with van der Waals surface area (Å²) >= 11 is 1.83. The maximum atomic E-state index is 5.87. The van der Waals surface area contributed by atoms with E-state index >= 15 is 0 Å². The molecular weight excluding hydrogens is 272 g/mol. The van der Waals surface area contributed by atoms with E-state index in [4.69, 9.17) is 4.74 Å². The van der Waals surface area contributed by atoms with Gasteiger partial charge in [0.05, 0.1) is 6.61 Å². The van der Waals surface area contributed by atoms with Gasteiger partial charge in [-0.25, -0.2) is 0 Å². The lowest BCUT2D eigenvalue weighted by Gasteiger charge is -2.32. The number of thiophene rings is 1. The molecule has 1 fully saturated rings. The van der Waals surface area contributed by atoms with Gasteiger partial charge in [-0.3, -0.25) is 4.90 Å². The second-order valence-electron chi connectivity index (χ2n) is 4.96. The summed E-state index contributed by atoms with van der Waals surface area (Å²) in [5, 5.41) is 10.4. The molecule has 3 heterocycles. The normalized spacial score (nSPS) is 20.4. The van der Waals surface area contributed by atoms with Crippen molar-refractivity contribution in [1.29, 1.82) is 0 Å². The van der Waals surface area contributed by atoms with Gasteiger partial charge in [-0.1, -0.05) is 6.07 Å². The molecule has 5 nitrogen and oxygen atoms in total.